The number of non-ortho nitro benzene ring substituents is 1. The maximum absolute atomic E-state index is 12.7. The van der Waals surface area contributed by atoms with Crippen LogP contribution in [0.15, 0.2) is 47.4 Å². The molecule has 11 nitrogen and oxygen atoms in total. The SMILES string of the molecule is O=C(CN1C(=O)c2ccc([N+](=O)[O-])cc2C1=O)Nc1ccc(S(=O)(=O)N2CCCCC2)cc1. The van der Waals surface area contributed by atoms with Crippen molar-refractivity contribution < 1.29 is 27.7 Å². The zero-order valence-corrected chi connectivity index (χ0v) is 18.2. The molecule has 0 aromatic heterocycles. The van der Waals surface area contributed by atoms with Crippen LogP contribution in [0.1, 0.15) is 40.0 Å². The molecule has 2 aromatic rings. The van der Waals surface area contributed by atoms with Crippen molar-refractivity contribution >= 4 is 39.1 Å². The molecule has 0 unspecified atom stereocenters. The summed E-state index contributed by atoms with van der Waals surface area (Å²) in [6.45, 7) is 0.364. The Bertz CT molecular complexity index is 1250. The summed E-state index contributed by atoms with van der Waals surface area (Å²) in [5, 5.41) is 13.4. The number of piperidine rings is 1. The Morgan fingerprint density at radius 3 is 2.24 bits per heavy atom. The summed E-state index contributed by atoms with van der Waals surface area (Å²) < 4.78 is 26.9. The second-order valence-corrected chi connectivity index (χ2v) is 9.66. The van der Waals surface area contributed by atoms with Gasteiger partial charge in [0.25, 0.3) is 17.5 Å². The van der Waals surface area contributed by atoms with Crippen molar-refractivity contribution in [2.24, 2.45) is 0 Å². The van der Waals surface area contributed by atoms with Crippen LogP contribution in [-0.4, -0.2) is 59.9 Å². The predicted molar refractivity (Wildman–Crippen MR) is 116 cm³/mol. The first-order chi connectivity index (χ1) is 15.7. The summed E-state index contributed by atoms with van der Waals surface area (Å²) in [7, 11) is -3.61. The minimum absolute atomic E-state index is 0.00864. The maximum Gasteiger partial charge on any atom is 0.270 e. The highest BCUT2D eigenvalue weighted by molar-refractivity contribution is 7.89. The summed E-state index contributed by atoms with van der Waals surface area (Å²) in [5.41, 5.74) is -0.175. The van der Waals surface area contributed by atoms with Crippen LogP contribution < -0.4 is 5.32 Å². The number of nitrogens with one attached hydrogen (secondary N) is 1. The van der Waals surface area contributed by atoms with Gasteiger partial charge in [0.05, 0.1) is 20.9 Å². The van der Waals surface area contributed by atoms with Gasteiger partial charge in [0, 0.05) is 30.9 Å². The number of carbonyl (C=O) groups is 3. The summed E-state index contributed by atoms with van der Waals surface area (Å²) in [5.74, 6) is -2.19. The van der Waals surface area contributed by atoms with Crippen molar-refractivity contribution in [3.63, 3.8) is 0 Å². The molecule has 0 radical (unpaired) electrons. The fourth-order valence-electron chi connectivity index (χ4n) is 3.84. The van der Waals surface area contributed by atoms with Crippen LogP contribution in [-0.2, 0) is 14.8 Å². The number of sulfonamides is 1. The first kappa shape index (κ1) is 22.6. The molecule has 3 amide bonds. The van der Waals surface area contributed by atoms with Crippen molar-refractivity contribution in [1.29, 1.82) is 0 Å². The molecule has 2 aromatic carbocycles. The Morgan fingerprint density at radius 1 is 0.970 bits per heavy atom. The van der Waals surface area contributed by atoms with Crippen LogP contribution in [0.25, 0.3) is 0 Å². The first-order valence-corrected chi connectivity index (χ1v) is 11.7. The van der Waals surface area contributed by atoms with E-state index in [9.17, 15) is 32.9 Å². The summed E-state index contributed by atoms with van der Waals surface area (Å²) in [6, 6.07) is 8.96. The Labute approximate surface area is 189 Å². The predicted octanol–water partition coefficient (Wildman–Crippen LogP) is 2.00. The van der Waals surface area contributed by atoms with Crippen LogP contribution in [0.4, 0.5) is 11.4 Å². The number of rotatable bonds is 6. The molecule has 0 aliphatic carbocycles. The standard InChI is InChI=1S/C21H20N4O7S/c26-19(13-24-20(27)17-9-6-15(25(29)30)12-18(17)21(24)28)22-14-4-7-16(8-5-14)33(31,32)23-10-2-1-3-11-23/h4-9,12H,1-3,10-11,13H2,(H,22,26). The van der Waals surface area contributed by atoms with Gasteiger partial charge in [-0.05, 0) is 43.2 Å². The van der Waals surface area contributed by atoms with Gasteiger partial charge in [0.1, 0.15) is 6.54 Å². The van der Waals surface area contributed by atoms with Crippen molar-refractivity contribution in [3.05, 3.63) is 63.7 Å². The molecular weight excluding hydrogens is 452 g/mol. The van der Waals surface area contributed by atoms with E-state index in [1.165, 1.54) is 34.6 Å². The number of benzene rings is 2. The number of hydrogen-bond donors (Lipinski definition) is 1. The topological polar surface area (TPSA) is 147 Å². The molecule has 0 atom stereocenters. The van der Waals surface area contributed by atoms with E-state index < -0.39 is 39.2 Å². The number of anilines is 1. The Hall–Kier alpha value is -3.64. The average Bonchev–Trinajstić information content (AvgIpc) is 3.04. The monoisotopic (exact) mass is 472 g/mol. The average molecular weight is 472 g/mol. The van der Waals surface area contributed by atoms with Crippen LogP contribution in [0.3, 0.4) is 0 Å². The van der Waals surface area contributed by atoms with Crippen molar-refractivity contribution in [2.75, 3.05) is 25.0 Å². The van der Waals surface area contributed by atoms with Crippen molar-refractivity contribution in [1.82, 2.24) is 9.21 Å². The molecule has 0 bridgehead atoms. The molecule has 172 valence electrons. The minimum atomic E-state index is -3.61. The van der Waals surface area contributed by atoms with E-state index in [-0.39, 0.29) is 21.7 Å². The number of imide groups is 1. The number of nitrogens with zero attached hydrogens (tertiary/aromatic N) is 3. The second-order valence-electron chi connectivity index (χ2n) is 7.72. The van der Waals surface area contributed by atoms with E-state index in [4.69, 9.17) is 0 Å². The molecule has 33 heavy (non-hydrogen) atoms. The molecule has 2 aliphatic rings. The summed E-state index contributed by atoms with van der Waals surface area (Å²) >= 11 is 0. The quantitative estimate of drug-likeness (QED) is 0.384. The third-order valence-electron chi connectivity index (χ3n) is 5.56. The van der Waals surface area contributed by atoms with Gasteiger partial charge in [-0.2, -0.15) is 4.31 Å². The van der Waals surface area contributed by atoms with E-state index >= 15 is 0 Å². The van der Waals surface area contributed by atoms with Crippen molar-refractivity contribution in [2.45, 2.75) is 24.2 Å². The molecule has 2 aliphatic heterocycles. The second kappa shape index (κ2) is 8.71. The summed E-state index contributed by atoms with van der Waals surface area (Å²) in [6.07, 6.45) is 2.64. The third-order valence-corrected chi connectivity index (χ3v) is 7.47. The largest absolute Gasteiger partial charge is 0.325 e. The number of hydrogen-bond acceptors (Lipinski definition) is 7. The lowest BCUT2D eigenvalue weighted by molar-refractivity contribution is -0.384. The number of nitro benzene ring substituents is 1. The fourth-order valence-corrected chi connectivity index (χ4v) is 5.36. The highest BCUT2D eigenvalue weighted by Gasteiger charge is 2.37. The normalized spacial score (nSPS) is 16.5. The molecule has 1 saturated heterocycles. The Balaban J connectivity index is 1.42. The molecule has 12 heteroatoms. The van der Waals surface area contributed by atoms with E-state index in [0.29, 0.717) is 23.7 Å². The van der Waals surface area contributed by atoms with E-state index in [2.05, 4.69) is 5.32 Å². The molecule has 4 rings (SSSR count). The lowest BCUT2D eigenvalue weighted by Crippen LogP contribution is -2.37. The highest BCUT2D eigenvalue weighted by Crippen LogP contribution is 2.27. The number of amides is 3. The zero-order valence-electron chi connectivity index (χ0n) is 17.4. The van der Waals surface area contributed by atoms with Gasteiger partial charge < -0.3 is 5.32 Å². The molecule has 1 N–H and O–H groups in total. The molecular formula is C21H20N4O7S. The van der Waals surface area contributed by atoms with E-state index in [0.717, 1.165) is 31.4 Å². The van der Waals surface area contributed by atoms with Gasteiger partial charge in [0.2, 0.25) is 15.9 Å². The zero-order chi connectivity index (χ0) is 23.8. The third kappa shape index (κ3) is 4.34. The van der Waals surface area contributed by atoms with Gasteiger partial charge in [0.15, 0.2) is 0 Å². The first-order valence-electron chi connectivity index (χ1n) is 10.2. The van der Waals surface area contributed by atoms with Crippen molar-refractivity contribution in [3.8, 4) is 0 Å². The van der Waals surface area contributed by atoms with Gasteiger partial charge in [-0.25, -0.2) is 8.42 Å². The lowest BCUT2D eigenvalue weighted by atomic mass is 10.1. The molecule has 1 fully saturated rings. The van der Waals surface area contributed by atoms with E-state index in [1.807, 2.05) is 0 Å². The molecule has 0 saturated carbocycles. The summed E-state index contributed by atoms with van der Waals surface area (Å²) in [4.78, 5) is 48.5. The van der Waals surface area contributed by atoms with Gasteiger partial charge >= 0.3 is 0 Å². The van der Waals surface area contributed by atoms with Crippen LogP contribution in [0.5, 0.6) is 0 Å². The van der Waals surface area contributed by atoms with Crippen LogP contribution >= 0.6 is 0 Å². The number of carbonyl (C=O) groups excluding carboxylic acids is 3. The van der Waals surface area contributed by atoms with Gasteiger partial charge in [-0.3, -0.25) is 29.4 Å². The minimum Gasteiger partial charge on any atom is -0.325 e. The fraction of sp³-hybridized carbons (Fsp3) is 0.286. The van der Waals surface area contributed by atoms with Crippen LogP contribution in [0.2, 0.25) is 0 Å². The Morgan fingerprint density at radius 2 is 1.61 bits per heavy atom. The smallest absolute Gasteiger partial charge is 0.270 e. The van der Waals surface area contributed by atoms with E-state index in [1.54, 1.807) is 0 Å². The number of fused-ring (bicyclic) bond motifs is 1. The molecule has 2 heterocycles. The lowest BCUT2D eigenvalue weighted by Gasteiger charge is -2.25. The van der Waals surface area contributed by atoms with Gasteiger partial charge in [-0.1, -0.05) is 6.42 Å². The maximum atomic E-state index is 12.7. The Kier molecular flexibility index (Phi) is 5.95. The molecule has 0 spiro atoms. The van der Waals surface area contributed by atoms with Crippen LogP contribution in [0, 0.1) is 10.1 Å². The highest BCUT2D eigenvalue weighted by atomic mass is 32.2. The van der Waals surface area contributed by atoms with Gasteiger partial charge in [-0.15, -0.1) is 0 Å². The number of nitro groups is 1.